The minimum Gasteiger partial charge on any atom is -0.322 e. The quantitative estimate of drug-likeness (QED) is 0.682. The van der Waals surface area contributed by atoms with Crippen molar-refractivity contribution >= 4 is 39.2 Å². The van der Waals surface area contributed by atoms with Crippen LogP contribution in [-0.4, -0.2) is 6.29 Å². The molecular weight excluding hydrogens is 324 g/mol. The van der Waals surface area contributed by atoms with Gasteiger partial charge in [0, 0.05) is 24.0 Å². The van der Waals surface area contributed by atoms with Crippen LogP contribution in [0.5, 0.6) is 0 Å². The molecule has 3 nitrogen and oxygen atoms in total. The van der Waals surface area contributed by atoms with Crippen molar-refractivity contribution in [3.63, 3.8) is 0 Å². The van der Waals surface area contributed by atoms with E-state index in [1.165, 1.54) is 4.88 Å². The fourth-order valence-electron chi connectivity index (χ4n) is 2.03. The minimum absolute atomic E-state index is 0.369. The average Bonchev–Trinajstić information content (AvgIpc) is 2.63. The predicted molar refractivity (Wildman–Crippen MR) is 81.6 cm³/mol. The first-order valence-electron chi connectivity index (χ1n) is 5.98. The molecular formula is C14H16BrN2OS+. The molecule has 1 aromatic heterocycles. The van der Waals surface area contributed by atoms with Crippen molar-refractivity contribution in [3.05, 3.63) is 44.3 Å². The third-order valence-electron chi connectivity index (χ3n) is 3.08. The second-order valence-corrected chi connectivity index (χ2v) is 6.69. The summed E-state index contributed by atoms with van der Waals surface area (Å²) in [5, 5.41) is 4.37. The Bertz CT molecular complexity index is 592. The van der Waals surface area contributed by atoms with Crippen LogP contribution < -0.4 is 9.88 Å². The summed E-state index contributed by atoms with van der Waals surface area (Å²) in [6.45, 7) is 6.15. The highest BCUT2D eigenvalue weighted by Gasteiger charge is 2.26. The van der Waals surface area contributed by atoms with E-state index in [9.17, 15) is 4.79 Å². The van der Waals surface area contributed by atoms with E-state index in [-0.39, 0.29) is 6.17 Å². The first-order chi connectivity index (χ1) is 9.02. The van der Waals surface area contributed by atoms with Gasteiger partial charge in [0.15, 0.2) is 5.69 Å². The summed E-state index contributed by atoms with van der Waals surface area (Å²) in [6, 6.07) is 7.80. The van der Waals surface area contributed by atoms with Gasteiger partial charge >= 0.3 is 0 Å². The normalized spacial score (nSPS) is 12.2. The van der Waals surface area contributed by atoms with Crippen molar-refractivity contribution in [3.8, 4) is 0 Å². The lowest BCUT2D eigenvalue weighted by Crippen LogP contribution is -2.47. The number of halogens is 1. The number of benzene rings is 1. The largest absolute Gasteiger partial charge is 0.322 e. The SMILES string of the molecule is Cc1sc(C)[n+](C(C=O)Nc2ccc(Br)cc2)c1C. The minimum atomic E-state index is -0.369. The molecule has 1 heterocycles. The van der Waals surface area contributed by atoms with Crippen LogP contribution in [0, 0.1) is 20.8 Å². The average molecular weight is 340 g/mol. The van der Waals surface area contributed by atoms with Gasteiger partial charge in [-0.3, -0.25) is 4.79 Å². The summed E-state index contributed by atoms with van der Waals surface area (Å²) < 4.78 is 3.06. The molecule has 2 rings (SSSR count). The van der Waals surface area contributed by atoms with Crippen LogP contribution in [0.15, 0.2) is 28.7 Å². The Morgan fingerprint density at radius 1 is 1.26 bits per heavy atom. The Morgan fingerprint density at radius 3 is 2.37 bits per heavy atom. The molecule has 0 aliphatic rings. The van der Waals surface area contributed by atoms with Gasteiger partial charge in [-0.05, 0) is 31.2 Å². The summed E-state index contributed by atoms with van der Waals surface area (Å²) in [4.78, 5) is 12.6. The van der Waals surface area contributed by atoms with Gasteiger partial charge in [-0.25, -0.2) is 0 Å². The number of thiazole rings is 1. The molecule has 5 heteroatoms. The number of hydrogen-bond acceptors (Lipinski definition) is 3. The maximum Gasteiger partial charge on any atom is 0.289 e. The lowest BCUT2D eigenvalue weighted by Gasteiger charge is -2.10. The van der Waals surface area contributed by atoms with Crippen LogP contribution in [0.1, 0.15) is 21.7 Å². The van der Waals surface area contributed by atoms with Crippen LogP contribution in [0.3, 0.4) is 0 Å². The number of aryl methyl sites for hydroxylation is 2. The lowest BCUT2D eigenvalue weighted by atomic mass is 10.3. The maximum atomic E-state index is 11.4. The molecule has 0 spiro atoms. The van der Waals surface area contributed by atoms with Gasteiger partial charge in [-0.2, -0.15) is 4.57 Å². The number of rotatable bonds is 4. The van der Waals surface area contributed by atoms with Gasteiger partial charge in [0.25, 0.3) is 6.17 Å². The van der Waals surface area contributed by atoms with E-state index in [0.29, 0.717) is 0 Å². The zero-order chi connectivity index (χ0) is 14.0. The van der Waals surface area contributed by atoms with Gasteiger partial charge in [-0.15, -0.1) is 0 Å². The van der Waals surface area contributed by atoms with E-state index >= 15 is 0 Å². The highest BCUT2D eigenvalue weighted by atomic mass is 79.9. The summed E-state index contributed by atoms with van der Waals surface area (Å²) in [6.07, 6.45) is 0.569. The summed E-state index contributed by atoms with van der Waals surface area (Å²) in [5.74, 6) is 0. The number of nitrogens with zero attached hydrogens (tertiary/aromatic N) is 1. The van der Waals surface area contributed by atoms with Crippen LogP contribution in [0.25, 0.3) is 0 Å². The topological polar surface area (TPSA) is 33.0 Å². The molecule has 1 aromatic carbocycles. The Labute approximate surface area is 125 Å². The van der Waals surface area contributed by atoms with Crippen molar-refractivity contribution in [2.24, 2.45) is 0 Å². The smallest absolute Gasteiger partial charge is 0.289 e. The molecule has 2 aromatic rings. The van der Waals surface area contributed by atoms with Crippen molar-refractivity contribution in [2.45, 2.75) is 26.9 Å². The molecule has 0 bridgehead atoms. The van der Waals surface area contributed by atoms with E-state index in [1.807, 2.05) is 42.7 Å². The van der Waals surface area contributed by atoms with E-state index < -0.39 is 0 Å². The van der Waals surface area contributed by atoms with Gasteiger partial charge in [-0.1, -0.05) is 27.3 Å². The molecule has 0 radical (unpaired) electrons. The number of nitrogens with one attached hydrogen (secondary N) is 1. The third kappa shape index (κ3) is 3.04. The first kappa shape index (κ1) is 14.2. The number of carbonyl (C=O) groups is 1. The van der Waals surface area contributed by atoms with Crippen molar-refractivity contribution in [1.29, 1.82) is 0 Å². The zero-order valence-corrected chi connectivity index (χ0v) is 13.5. The predicted octanol–water partition coefficient (Wildman–Crippen LogP) is 3.53. The molecule has 0 aliphatic heterocycles. The van der Waals surface area contributed by atoms with Crippen molar-refractivity contribution in [1.82, 2.24) is 0 Å². The number of anilines is 1. The van der Waals surface area contributed by atoms with Gasteiger partial charge in [0.05, 0.1) is 4.88 Å². The van der Waals surface area contributed by atoms with Crippen LogP contribution in [0.4, 0.5) is 5.69 Å². The third-order valence-corrected chi connectivity index (χ3v) is 4.70. The highest BCUT2D eigenvalue weighted by Crippen LogP contribution is 2.19. The standard InChI is InChI=1S/C14H16BrN2OS/c1-9-10(2)19-11(3)17(9)14(8-18)16-13-6-4-12(15)5-7-13/h4-8,14,16H,1-3H3/q+1. The Morgan fingerprint density at radius 2 is 1.89 bits per heavy atom. The van der Waals surface area contributed by atoms with Gasteiger partial charge in [0.1, 0.15) is 0 Å². The number of aldehydes is 1. The van der Waals surface area contributed by atoms with E-state index in [4.69, 9.17) is 0 Å². The zero-order valence-electron chi connectivity index (χ0n) is 11.1. The molecule has 0 saturated heterocycles. The molecule has 1 atom stereocenters. The molecule has 0 amide bonds. The maximum absolute atomic E-state index is 11.4. The second-order valence-electron chi connectivity index (χ2n) is 4.36. The summed E-state index contributed by atoms with van der Waals surface area (Å²) in [5.41, 5.74) is 2.06. The van der Waals surface area contributed by atoms with E-state index in [2.05, 4.69) is 28.2 Å². The van der Waals surface area contributed by atoms with Crippen LogP contribution in [0.2, 0.25) is 0 Å². The van der Waals surface area contributed by atoms with Crippen LogP contribution >= 0.6 is 27.3 Å². The fourth-order valence-corrected chi connectivity index (χ4v) is 3.33. The van der Waals surface area contributed by atoms with E-state index in [0.717, 1.165) is 27.1 Å². The van der Waals surface area contributed by atoms with Gasteiger partial charge < -0.3 is 5.32 Å². The molecule has 1 N–H and O–H groups in total. The second kappa shape index (κ2) is 5.84. The highest BCUT2D eigenvalue weighted by molar-refractivity contribution is 9.10. The monoisotopic (exact) mass is 339 g/mol. The fraction of sp³-hybridized carbons (Fsp3) is 0.286. The molecule has 0 aliphatic carbocycles. The molecule has 19 heavy (non-hydrogen) atoms. The molecule has 100 valence electrons. The summed E-state index contributed by atoms with van der Waals surface area (Å²) >= 11 is 5.11. The van der Waals surface area contributed by atoms with Crippen molar-refractivity contribution in [2.75, 3.05) is 5.32 Å². The number of hydrogen-bond donors (Lipinski definition) is 1. The van der Waals surface area contributed by atoms with Gasteiger partial charge in [0.2, 0.25) is 11.3 Å². The first-order valence-corrected chi connectivity index (χ1v) is 7.59. The Hall–Kier alpha value is -1.20. The summed E-state index contributed by atoms with van der Waals surface area (Å²) in [7, 11) is 0. The Balaban J connectivity index is 2.30. The van der Waals surface area contributed by atoms with E-state index in [1.54, 1.807) is 11.3 Å². The Kier molecular flexibility index (Phi) is 4.37. The number of aromatic nitrogens is 1. The molecule has 0 saturated carbocycles. The van der Waals surface area contributed by atoms with Crippen molar-refractivity contribution < 1.29 is 9.36 Å². The molecule has 0 fully saturated rings. The number of carbonyl (C=O) groups excluding carboxylic acids is 1. The van der Waals surface area contributed by atoms with Crippen LogP contribution in [-0.2, 0) is 4.79 Å². The molecule has 1 unspecified atom stereocenters. The lowest BCUT2D eigenvalue weighted by molar-refractivity contribution is -0.708.